The number of nitrogens with zero attached hydrogens (tertiary/aromatic N) is 1. The molecule has 0 unspecified atom stereocenters. The lowest BCUT2D eigenvalue weighted by molar-refractivity contribution is -0.137. The molecule has 0 bridgehead atoms. The Balaban J connectivity index is 1.58. The fourth-order valence-electron chi connectivity index (χ4n) is 3.16. The minimum atomic E-state index is -4.42. The van der Waals surface area contributed by atoms with E-state index in [1.54, 1.807) is 0 Å². The van der Waals surface area contributed by atoms with Crippen molar-refractivity contribution in [2.24, 2.45) is 0 Å². The summed E-state index contributed by atoms with van der Waals surface area (Å²) in [5, 5.41) is 1.57. The van der Waals surface area contributed by atoms with Gasteiger partial charge in [-0.05, 0) is 51.9 Å². The molecule has 0 saturated carbocycles. The number of thioether (sulfide) groups is 1. The average Bonchev–Trinajstić information content (AvgIpc) is 2.95. The van der Waals surface area contributed by atoms with Crippen LogP contribution in [-0.4, -0.2) is 16.0 Å². The SMILES string of the molecule is O=C1S/C(=C\c2ccc(C(F)(F)F)cc2)C(=O)N1Cc1cccc2ccccc12. The van der Waals surface area contributed by atoms with E-state index in [1.165, 1.54) is 18.2 Å². The molecule has 0 aromatic heterocycles. The molecule has 0 radical (unpaired) electrons. The Bertz CT molecular complexity index is 1130. The predicted octanol–water partition coefficient (Wildman–Crippen LogP) is 6.10. The van der Waals surface area contributed by atoms with Crippen LogP contribution in [0.5, 0.6) is 0 Å². The molecule has 3 nitrogen and oxygen atoms in total. The van der Waals surface area contributed by atoms with Crippen molar-refractivity contribution in [2.45, 2.75) is 12.7 Å². The Morgan fingerprint density at radius 3 is 2.31 bits per heavy atom. The minimum Gasteiger partial charge on any atom is -0.268 e. The molecule has 2 amide bonds. The summed E-state index contributed by atoms with van der Waals surface area (Å²) in [6.45, 7) is 0.135. The van der Waals surface area contributed by atoms with E-state index in [0.29, 0.717) is 5.56 Å². The van der Waals surface area contributed by atoms with E-state index in [0.717, 1.165) is 45.1 Å². The number of fused-ring (bicyclic) bond motifs is 1. The number of halogens is 3. The van der Waals surface area contributed by atoms with Crippen LogP contribution in [-0.2, 0) is 17.5 Å². The summed E-state index contributed by atoms with van der Waals surface area (Å²) in [5.74, 6) is -0.451. The largest absolute Gasteiger partial charge is 0.416 e. The highest BCUT2D eigenvalue weighted by molar-refractivity contribution is 8.18. The maximum Gasteiger partial charge on any atom is 0.416 e. The van der Waals surface area contributed by atoms with Crippen molar-refractivity contribution >= 4 is 39.8 Å². The fraction of sp³-hybridized carbons (Fsp3) is 0.0909. The topological polar surface area (TPSA) is 37.4 Å². The number of benzene rings is 3. The lowest BCUT2D eigenvalue weighted by atomic mass is 10.0. The molecule has 0 spiro atoms. The summed E-state index contributed by atoms with van der Waals surface area (Å²) >= 11 is 0.787. The zero-order valence-electron chi connectivity index (χ0n) is 14.9. The molecule has 7 heteroatoms. The molecule has 146 valence electrons. The van der Waals surface area contributed by atoms with Crippen molar-refractivity contribution in [3.63, 3.8) is 0 Å². The first-order valence-corrected chi connectivity index (χ1v) is 9.54. The standard InChI is InChI=1S/C22H14F3NO2S/c23-22(24,25)17-10-8-14(9-11-17)12-19-20(27)26(21(28)29-19)13-16-6-3-5-15-4-1-2-7-18(15)16/h1-12H,13H2/b19-12-. The lowest BCUT2D eigenvalue weighted by Crippen LogP contribution is -2.27. The van der Waals surface area contributed by atoms with Gasteiger partial charge >= 0.3 is 6.18 Å². The van der Waals surface area contributed by atoms with E-state index in [9.17, 15) is 22.8 Å². The lowest BCUT2D eigenvalue weighted by Gasteiger charge is -2.14. The molecular formula is C22H14F3NO2S. The number of amides is 2. The molecular weight excluding hydrogens is 399 g/mol. The van der Waals surface area contributed by atoms with E-state index in [4.69, 9.17) is 0 Å². The van der Waals surface area contributed by atoms with E-state index < -0.39 is 22.9 Å². The number of hydrogen-bond acceptors (Lipinski definition) is 3. The predicted molar refractivity (Wildman–Crippen MR) is 107 cm³/mol. The smallest absolute Gasteiger partial charge is 0.268 e. The van der Waals surface area contributed by atoms with E-state index in [1.807, 2.05) is 42.5 Å². The van der Waals surface area contributed by atoms with Gasteiger partial charge in [-0.2, -0.15) is 13.2 Å². The van der Waals surface area contributed by atoms with E-state index in [-0.39, 0.29) is 11.4 Å². The van der Waals surface area contributed by atoms with E-state index >= 15 is 0 Å². The Labute approximate surface area is 168 Å². The molecule has 1 saturated heterocycles. The first kappa shape index (κ1) is 19.3. The van der Waals surface area contributed by atoms with Gasteiger partial charge in [0.1, 0.15) is 0 Å². The zero-order valence-corrected chi connectivity index (χ0v) is 15.8. The first-order valence-electron chi connectivity index (χ1n) is 8.72. The number of carbonyl (C=O) groups is 2. The first-order chi connectivity index (χ1) is 13.8. The van der Waals surface area contributed by atoms with Gasteiger partial charge in [-0.3, -0.25) is 14.5 Å². The minimum absolute atomic E-state index is 0.135. The van der Waals surface area contributed by atoms with Crippen molar-refractivity contribution in [3.8, 4) is 0 Å². The maximum absolute atomic E-state index is 12.7. The summed E-state index contributed by atoms with van der Waals surface area (Å²) in [4.78, 5) is 26.5. The van der Waals surface area contributed by atoms with Gasteiger partial charge in [-0.25, -0.2) is 0 Å². The Kier molecular flexibility index (Phi) is 4.92. The molecule has 0 aliphatic carbocycles. The van der Waals surface area contributed by atoms with Crippen molar-refractivity contribution in [1.82, 2.24) is 4.90 Å². The quantitative estimate of drug-likeness (QED) is 0.487. The molecule has 1 heterocycles. The van der Waals surface area contributed by atoms with Gasteiger partial charge in [-0.1, -0.05) is 54.6 Å². The van der Waals surface area contributed by atoms with Crippen LogP contribution < -0.4 is 0 Å². The van der Waals surface area contributed by atoms with Crippen LogP contribution in [0.4, 0.5) is 18.0 Å². The van der Waals surface area contributed by atoms with Gasteiger partial charge < -0.3 is 0 Å². The van der Waals surface area contributed by atoms with Gasteiger partial charge in [0.05, 0.1) is 17.0 Å². The third kappa shape index (κ3) is 3.91. The third-order valence-corrected chi connectivity index (χ3v) is 5.53. The third-order valence-electron chi connectivity index (χ3n) is 4.62. The Morgan fingerprint density at radius 2 is 1.59 bits per heavy atom. The maximum atomic E-state index is 12.7. The molecule has 1 fully saturated rings. The zero-order chi connectivity index (χ0) is 20.6. The molecule has 1 aliphatic rings. The fourth-order valence-corrected chi connectivity index (χ4v) is 4.00. The summed E-state index contributed by atoms with van der Waals surface area (Å²) in [6, 6.07) is 17.8. The van der Waals surface area contributed by atoms with Crippen molar-refractivity contribution < 1.29 is 22.8 Å². The van der Waals surface area contributed by atoms with Crippen molar-refractivity contribution in [3.05, 3.63) is 88.3 Å². The Hall–Kier alpha value is -3.06. The second-order valence-corrected chi connectivity index (χ2v) is 7.52. The number of hydrogen-bond donors (Lipinski definition) is 0. The molecule has 3 aromatic rings. The van der Waals surface area contributed by atoms with Gasteiger partial charge in [0.2, 0.25) is 0 Å². The van der Waals surface area contributed by atoms with Crippen molar-refractivity contribution in [1.29, 1.82) is 0 Å². The highest BCUT2D eigenvalue weighted by Gasteiger charge is 2.35. The number of imide groups is 1. The van der Waals surface area contributed by atoms with Crippen LogP contribution in [0.15, 0.2) is 71.6 Å². The number of carbonyl (C=O) groups excluding carboxylic acids is 2. The molecule has 1 aliphatic heterocycles. The summed E-state index contributed by atoms with van der Waals surface area (Å²) in [6.07, 6.45) is -2.98. The van der Waals surface area contributed by atoms with Crippen LogP contribution in [0, 0.1) is 0 Å². The molecule has 0 atom stereocenters. The highest BCUT2D eigenvalue weighted by atomic mass is 32.2. The molecule has 4 rings (SSSR count). The summed E-state index contributed by atoms with van der Waals surface area (Å²) in [5.41, 5.74) is 0.508. The number of rotatable bonds is 3. The second kappa shape index (κ2) is 7.40. The van der Waals surface area contributed by atoms with Crippen LogP contribution in [0.1, 0.15) is 16.7 Å². The number of alkyl halides is 3. The van der Waals surface area contributed by atoms with Crippen LogP contribution >= 0.6 is 11.8 Å². The molecule has 29 heavy (non-hydrogen) atoms. The van der Waals surface area contributed by atoms with Crippen molar-refractivity contribution in [2.75, 3.05) is 0 Å². The van der Waals surface area contributed by atoms with E-state index in [2.05, 4.69) is 0 Å². The normalized spacial score (nSPS) is 16.2. The van der Waals surface area contributed by atoms with Gasteiger partial charge in [0.15, 0.2) is 0 Å². The van der Waals surface area contributed by atoms with Crippen LogP contribution in [0.25, 0.3) is 16.8 Å². The summed E-state index contributed by atoms with van der Waals surface area (Å²) < 4.78 is 38.0. The van der Waals surface area contributed by atoms with Gasteiger partial charge in [-0.15, -0.1) is 0 Å². The van der Waals surface area contributed by atoms with Crippen LogP contribution in [0.2, 0.25) is 0 Å². The molecule has 3 aromatic carbocycles. The van der Waals surface area contributed by atoms with Gasteiger partial charge in [0, 0.05) is 0 Å². The second-order valence-electron chi connectivity index (χ2n) is 6.53. The van der Waals surface area contributed by atoms with Gasteiger partial charge in [0.25, 0.3) is 11.1 Å². The average molecular weight is 413 g/mol. The Morgan fingerprint density at radius 1 is 0.897 bits per heavy atom. The summed E-state index contributed by atoms with van der Waals surface area (Å²) in [7, 11) is 0. The highest BCUT2D eigenvalue weighted by Crippen LogP contribution is 2.35. The monoisotopic (exact) mass is 413 g/mol. The van der Waals surface area contributed by atoms with Crippen LogP contribution in [0.3, 0.4) is 0 Å². The molecule has 0 N–H and O–H groups in total.